The van der Waals surface area contributed by atoms with E-state index in [1.807, 2.05) is 0 Å². The van der Waals surface area contributed by atoms with Gasteiger partial charge in [-0.15, -0.1) is 0 Å². The van der Waals surface area contributed by atoms with Crippen LogP contribution in [0.1, 0.15) is 26.7 Å². The van der Waals surface area contributed by atoms with Crippen molar-refractivity contribution in [3.8, 4) is 0 Å². The molecule has 2 N–H and O–H groups in total. The molecule has 5 heteroatoms. The molecule has 0 radical (unpaired) electrons. The van der Waals surface area contributed by atoms with Gasteiger partial charge in [-0.3, -0.25) is 0 Å². The van der Waals surface area contributed by atoms with Crippen molar-refractivity contribution in [2.45, 2.75) is 57.1 Å². The zero-order chi connectivity index (χ0) is 11.4. The minimum absolute atomic E-state index is 0.217. The first kappa shape index (κ1) is 13.0. The van der Waals surface area contributed by atoms with Gasteiger partial charge in [0.2, 0.25) is 0 Å². The molecule has 0 saturated carbocycles. The molecule has 1 heterocycles. The van der Waals surface area contributed by atoms with Crippen LogP contribution < -0.4 is 0 Å². The minimum Gasteiger partial charge on any atom is -0.388 e. The lowest BCUT2D eigenvalue weighted by molar-refractivity contribution is -0.0584. The Morgan fingerprint density at radius 2 is 1.87 bits per heavy atom. The smallest absolute Gasteiger partial charge is 0.142 e. The maximum atomic E-state index is 9.63. The van der Waals surface area contributed by atoms with E-state index in [-0.39, 0.29) is 12.1 Å². The van der Waals surface area contributed by atoms with Crippen LogP contribution in [0.2, 0.25) is 0 Å². The highest BCUT2D eigenvalue weighted by Crippen LogP contribution is 2.20. The van der Waals surface area contributed by atoms with E-state index in [1.165, 1.54) is 0 Å². The van der Waals surface area contributed by atoms with Gasteiger partial charge in [-0.1, -0.05) is 13.8 Å². The van der Waals surface area contributed by atoms with Gasteiger partial charge in [0.05, 0.1) is 18.7 Å². The van der Waals surface area contributed by atoms with E-state index in [1.54, 1.807) is 7.85 Å². The fourth-order valence-electron chi connectivity index (χ4n) is 1.83. The van der Waals surface area contributed by atoms with E-state index in [0.29, 0.717) is 6.61 Å². The van der Waals surface area contributed by atoms with Gasteiger partial charge in [0.25, 0.3) is 0 Å². The van der Waals surface area contributed by atoms with Gasteiger partial charge in [0.1, 0.15) is 26.2 Å². The molecule has 1 rings (SSSR count). The third kappa shape index (κ3) is 3.18. The lowest BCUT2D eigenvalue weighted by Crippen LogP contribution is -2.35. The van der Waals surface area contributed by atoms with Gasteiger partial charge in [-0.05, 0) is 12.8 Å². The number of hydrogen-bond acceptors (Lipinski definition) is 4. The summed E-state index contributed by atoms with van der Waals surface area (Å²) in [7, 11) is 1.75. The van der Waals surface area contributed by atoms with E-state index in [0.717, 1.165) is 12.8 Å². The summed E-state index contributed by atoms with van der Waals surface area (Å²) in [5.41, 5.74) is 0. The summed E-state index contributed by atoms with van der Waals surface area (Å²) in [5, 5.41) is 19.1. The van der Waals surface area contributed by atoms with Crippen molar-refractivity contribution in [3.05, 3.63) is 0 Å². The van der Waals surface area contributed by atoms with Crippen LogP contribution in [-0.2, 0) is 9.47 Å². The van der Waals surface area contributed by atoms with Crippen LogP contribution in [0.3, 0.4) is 0 Å². The average molecular weight is 216 g/mol. The van der Waals surface area contributed by atoms with E-state index >= 15 is 0 Å². The molecule has 0 bridgehead atoms. The number of aliphatic hydroxyl groups is 2. The van der Waals surface area contributed by atoms with Crippen LogP contribution in [0.25, 0.3) is 0 Å². The van der Waals surface area contributed by atoms with Crippen LogP contribution in [0.5, 0.6) is 0 Å². The number of aliphatic hydroxyl groups excluding tert-OH is 2. The predicted octanol–water partition coefficient (Wildman–Crippen LogP) is -0.729. The van der Waals surface area contributed by atoms with Crippen molar-refractivity contribution in [2.24, 2.45) is 0 Å². The zero-order valence-corrected chi connectivity index (χ0v) is 9.72. The Morgan fingerprint density at radius 1 is 1.27 bits per heavy atom. The van der Waals surface area contributed by atoms with Gasteiger partial charge in [-0.25, -0.2) is 0 Å². The second-order valence-electron chi connectivity index (χ2n) is 4.13. The minimum atomic E-state index is -0.825. The van der Waals surface area contributed by atoms with Crippen molar-refractivity contribution < 1.29 is 19.7 Å². The summed E-state index contributed by atoms with van der Waals surface area (Å²) in [4.78, 5) is 0. The maximum absolute atomic E-state index is 9.63. The molecule has 1 aliphatic rings. The highest BCUT2D eigenvalue weighted by atomic mass is 16.6. The lowest BCUT2D eigenvalue weighted by atomic mass is 9.93. The van der Waals surface area contributed by atoms with E-state index in [4.69, 9.17) is 9.47 Å². The highest BCUT2D eigenvalue weighted by Gasteiger charge is 2.40. The van der Waals surface area contributed by atoms with Gasteiger partial charge < -0.3 is 19.7 Å². The Kier molecular flexibility index (Phi) is 5.05. The fraction of sp³-hybridized carbons (Fsp3) is 1.00. The van der Waals surface area contributed by atoms with E-state index in [2.05, 4.69) is 13.8 Å². The van der Waals surface area contributed by atoms with Crippen LogP contribution >= 0.6 is 0 Å². The molecule has 0 aromatic heterocycles. The van der Waals surface area contributed by atoms with Gasteiger partial charge >= 0.3 is 0 Å². The molecule has 1 fully saturated rings. The number of hydrogen-bond donors (Lipinski definition) is 2. The Hall–Kier alpha value is -0.0951. The van der Waals surface area contributed by atoms with Crippen molar-refractivity contribution in [1.82, 2.24) is 0 Å². The average Bonchev–Trinajstić information content (AvgIpc) is 2.48. The number of ether oxygens (including phenoxy) is 2. The molecular weight excluding hydrogens is 195 g/mol. The summed E-state index contributed by atoms with van der Waals surface area (Å²) >= 11 is 0. The third-order valence-electron chi connectivity index (χ3n) is 3.01. The first-order valence-electron chi connectivity index (χ1n) is 5.73. The molecule has 0 aromatic rings. The highest BCUT2D eigenvalue weighted by molar-refractivity contribution is 6.11. The molecule has 88 valence electrons. The molecule has 4 unspecified atom stereocenters. The Bertz CT molecular complexity index is 186. The van der Waals surface area contributed by atoms with Crippen molar-refractivity contribution >= 4 is 7.85 Å². The lowest BCUT2D eigenvalue weighted by Gasteiger charge is -2.19. The van der Waals surface area contributed by atoms with Gasteiger partial charge in [-0.2, -0.15) is 0 Å². The largest absolute Gasteiger partial charge is 0.388 e. The van der Waals surface area contributed by atoms with Crippen LogP contribution in [0.4, 0.5) is 0 Å². The molecule has 0 aliphatic carbocycles. The molecule has 15 heavy (non-hydrogen) atoms. The molecule has 1 aliphatic heterocycles. The van der Waals surface area contributed by atoms with Crippen molar-refractivity contribution in [1.29, 1.82) is 0 Å². The molecule has 0 spiro atoms. The van der Waals surface area contributed by atoms with E-state index in [9.17, 15) is 10.2 Å². The molecule has 4 atom stereocenters. The molecule has 4 nitrogen and oxygen atoms in total. The first-order chi connectivity index (χ1) is 7.10. The standard InChI is InChI=1S/C10H21BO4/c1-3-6(4-2)14-5-7-8(12)9(13)10(11)15-7/h6-10,12-13H,3-5,11H2,1-2H3. The summed E-state index contributed by atoms with van der Waals surface area (Å²) < 4.78 is 11.0. The molecular formula is C10H21BO4. The summed E-state index contributed by atoms with van der Waals surface area (Å²) in [5.74, 6) is 0. The van der Waals surface area contributed by atoms with Gasteiger partial charge in [0, 0.05) is 0 Å². The second-order valence-corrected chi connectivity index (χ2v) is 4.13. The monoisotopic (exact) mass is 216 g/mol. The van der Waals surface area contributed by atoms with Crippen LogP contribution in [-0.4, -0.2) is 55.1 Å². The van der Waals surface area contributed by atoms with Crippen molar-refractivity contribution in [3.63, 3.8) is 0 Å². The summed E-state index contributed by atoms with van der Waals surface area (Å²) in [6.45, 7) is 4.49. The quantitative estimate of drug-likeness (QED) is 0.595. The SMILES string of the molecule is BC1OC(COC(CC)CC)C(O)C1O. The predicted molar refractivity (Wildman–Crippen MR) is 59.5 cm³/mol. The summed E-state index contributed by atoms with van der Waals surface area (Å²) in [6, 6.07) is -0.310. The van der Waals surface area contributed by atoms with Crippen LogP contribution in [0, 0.1) is 0 Å². The van der Waals surface area contributed by atoms with E-state index < -0.39 is 18.3 Å². The normalized spacial score (nSPS) is 36.3. The second kappa shape index (κ2) is 5.84. The topological polar surface area (TPSA) is 58.9 Å². The maximum Gasteiger partial charge on any atom is 0.142 e. The third-order valence-corrected chi connectivity index (χ3v) is 3.01. The molecule has 0 aromatic carbocycles. The molecule has 1 saturated heterocycles. The van der Waals surface area contributed by atoms with Gasteiger partial charge in [0.15, 0.2) is 0 Å². The van der Waals surface area contributed by atoms with Crippen molar-refractivity contribution in [2.75, 3.05) is 6.61 Å². The number of rotatable bonds is 5. The molecule has 0 amide bonds. The fourth-order valence-corrected chi connectivity index (χ4v) is 1.83. The zero-order valence-electron chi connectivity index (χ0n) is 9.72. The Morgan fingerprint density at radius 3 is 2.27 bits per heavy atom. The van der Waals surface area contributed by atoms with Crippen LogP contribution in [0.15, 0.2) is 0 Å². The Labute approximate surface area is 92.0 Å². The summed E-state index contributed by atoms with van der Waals surface area (Å²) in [6.07, 6.45) is 0.119. The Balaban J connectivity index is 2.33. The first-order valence-corrected chi connectivity index (χ1v) is 5.73.